The summed E-state index contributed by atoms with van der Waals surface area (Å²) in [7, 11) is 1.78. The molecule has 0 amide bonds. The van der Waals surface area contributed by atoms with E-state index in [1.807, 2.05) is 13.1 Å². The zero-order valence-corrected chi connectivity index (χ0v) is 18.3. The molecule has 0 spiro atoms. The van der Waals surface area contributed by atoms with Crippen LogP contribution in [0.5, 0.6) is 0 Å². The number of aromatic nitrogens is 5. The molecule has 1 atom stereocenters. The molecule has 0 unspecified atom stereocenters. The van der Waals surface area contributed by atoms with E-state index in [1.54, 1.807) is 19.4 Å². The lowest BCUT2D eigenvalue weighted by Gasteiger charge is -2.27. The second-order valence-corrected chi connectivity index (χ2v) is 7.96. The van der Waals surface area contributed by atoms with Crippen molar-refractivity contribution in [2.24, 2.45) is 4.99 Å². The van der Waals surface area contributed by atoms with Crippen molar-refractivity contribution < 1.29 is 0 Å². The van der Waals surface area contributed by atoms with Crippen LogP contribution in [0.15, 0.2) is 59.9 Å². The molecular weight excluding hydrogens is 400 g/mol. The van der Waals surface area contributed by atoms with E-state index < -0.39 is 0 Å². The molecule has 5 rings (SSSR count). The van der Waals surface area contributed by atoms with Crippen molar-refractivity contribution in [1.82, 2.24) is 24.7 Å². The van der Waals surface area contributed by atoms with Gasteiger partial charge in [0.25, 0.3) is 0 Å². The Balaban J connectivity index is 1.69. The Hall–Kier alpha value is -4.07. The Bertz CT molecular complexity index is 1290. The number of aliphatic imine (C=N–C) groups is 1. The predicted octanol–water partition coefficient (Wildman–Crippen LogP) is 3.92. The second kappa shape index (κ2) is 7.88. The SMILES string of the molecule is C/N=C\c1ccc(N2C[C@@H](C)c3nnc(C)n3-c3ccc(-c4cnc(N)cn4)cc32)cc1. The van der Waals surface area contributed by atoms with Crippen LogP contribution in [-0.4, -0.2) is 44.5 Å². The van der Waals surface area contributed by atoms with Gasteiger partial charge < -0.3 is 10.6 Å². The van der Waals surface area contributed by atoms with Crippen LogP contribution in [0.3, 0.4) is 0 Å². The average molecular weight is 425 g/mol. The molecule has 8 heteroatoms. The molecule has 0 saturated carbocycles. The van der Waals surface area contributed by atoms with E-state index >= 15 is 0 Å². The van der Waals surface area contributed by atoms with E-state index in [1.165, 1.54) is 0 Å². The summed E-state index contributed by atoms with van der Waals surface area (Å²) in [6.07, 6.45) is 5.14. The third-order valence-electron chi connectivity index (χ3n) is 5.70. The van der Waals surface area contributed by atoms with Gasteiger partial charge in [-0.3, -0.25) is 14.5 Å². The Morgan fingerprint density at radius 2 is 1.84 bits per heavy atom. The summed E-state index contributed by atoms with van der Waals surface area (Å²) in [6, 6.07) is 14.7. The summed E-state index contributed by atoms with van der Waals surface area (Å²) in [4.78, 5) is 15.1. The van der Waals surface area contributed by atoms with Crippen LogP contribution in [0.2, 0.25) is 0 Å². The third-order valence-corrected chi connectivity index (χ3v) is 5.70. The number of hydrogen-bond acceptors (Lipinski definition) is 7. The first-order chi connectivity index (χ1) is 15.5. The molecule has 1 aliphatic rings. The molecule has 2 aromatic carbocycles. The van der Waals surface area contributed by atoms with Crippen LogP contribution in [0.1, 0.15) is 30.1 Å². The van der Waals surface area contributed by atoms with Crippen LogP contribution < -0.4 is 10.6 Å². The molecule has 2 aromatic heterocycles. The summed E-state index contributed by atoms with van der Waals surface area (Å²) in [5.41, 5.74) is 11.7. The van der Waals surface area contributed by atoms with Crippen molar-refractivity contribution in [2.45, 2.75) is 19.8 Å². The van der Waals surface area contributed by atoms with E-state index in [-0.39, 0.29) is 5.92 Å². The molecule has 0 fully saturated rings. The lowest BCUT2D eigenvalue weighted by molar-refractivity contribution is 0.696. The van der Waals surface area contributed by atoms with Crippen LogP contribution >= 0.6 is 0 Å². The first-order valence-electron chi connectivity index (χ1n) is 10.5. The van der Waals surface area contributed by atoms with Gasteiger partial charge in [-0.15, -0.1) is 10.2 Å². The molecule has 0 aliphatic carbocycles. The van der Waals surface area contributed by atoms with Crippen molar-refractivity contribution in [1.29, 1.82) is 0 Å². The summed E-state index contributed by atoms with van der Waals surface area (Å²) in [5.74, 6) is 2.41. The Labute approximate surface area is 186 Å². The molecule has 32 heavy (non-hydrogen) atoms. The number of nitrogens with two attached hydrogens (primary N) is 1. The fourth-order valence-corrected chi connectivity index (χ4v) is 4.16. The molecule has 2 N–H and O–H groups in total. The van der Waals surface area contributed by atoms with Gasteiger partial charge in [-0.05, 0) is 36.8 Å². The van der Waals surface area contributed by atoms with Gasteiger partial charge in [-0.1, -0.05) is 25.1 Å². The number of anilines is 3. The lowest BCUT2D eigenvalue weighted by atomic mass is 10.1. The van der Waals surface area contributed by atoms with Gasteiger partial charge in [0.2, 0.25) is 0 Å². The molecule has 3 heterocycles. The van der Waals surface area contributed by atoms with Crippen molar-refractivity contribution in [3.63, 3.8) is 0 Å². The molecule has 0 bridgehead atoms. The summed E-state index contributed by atoms with van der Waals surface area (Å²) < 4.78 is 2.15. The monoisotopic (exact) mass is 424 g/mol. The molecule has 0 radical (unpaired) electrons. The Kier molecular flexibility index (Phi) is 4.89. The van der Waals surface area contributed by atoms with Crippen molar-refractivity contribution >= 4 is 23.4 Å². The second-order valence-electron chi connectivity index (χ2n) is 7.96. The molecule has 4 aromatic rings. The van der Waals surface area contributed by atoms with Gasteiger partial charge in [0.15, 0.2) is 0 Å². The van der Waals surface area contributed by atoms with Crippen molar-refractivity contribution in [3.05, 3.63) is 72.1 Å². The fourth-order valence-electron chi connectivity index (χ4n) is 4.16. The van der Waals surface area contributed by atoms with E-state index in [2.05, 4.69) is 84.0 Å². The number of benzene rings is 2. The highest BCUT2D eigenvalue weighted by Crippen LogP contribution is 2.40. The lowest BCUT2D eigenvalue weighted by Crippen LogP contribution is -2.22. The maximum absolute atomic E-state index is 5.73. The van der Waals surface area contributed by atoms with E-state index in [0.717, 1.165) is 52.1 Å². The first kappa shape index (κ1) is 19.9. The first-order valence-corrected chi connectivity index (χ1v) is 10.5. The predicted molar refractivity (Wildman–Crippen MR) is 127 cm³/mol. The minimum absolute atomic E-state index is 0.181. The summed E-state index contributed by atoms with van der Waals surface area (Å²) in [5, 5.41) is 8.84. The zero-order chi connectivity index (χ0) is 22.2. The number of nitrogens with zero attached hydrogens (tertiary/aromatic N) is 7. The third kappa shape index (κ3) is 3.39. The minimum Gasteiger partial charge on any atom is -0.382 e. The van der Waals surface area contributed by atoms with Gasteiger partial charge in [-0.25, -0.2) is 4.98 Å². The normalized spacial score (nSPS) is 15.5. The Morgan fingerprint density at radius 3 is 2.56 bits per heavy atom. The van der Waals surface area contributed by atoms with Crippen LogP contribution in [-0.2, 0) is 0 Å². The number of aryl methyl sites for hydroxylation is 1. The van der Waals surface area contributed by atoms with Crippen molar-refractivity contribution in [3.8, 4) is 16.9 Å². The zero-order valence-electron chi connectivity index (χ0n) is 18.3. The van der Waals surface area contributed by atoms with Crippen LogP contribution in [0.25, 0.3) is 16.9 Å². The number of nitrogen functional groups attached to an aromatic ring is 1. The Morgan fingerprint density at radius 1 is 1.03 bits per heavy atom. The minimum atomic E-state index is 0.181. The maximum Gasteiger partial charge on any atom is 0.142 e. The van der Waals surface area contributed by atoms with Crippen LogP contribution in [0.4, 0.5) is 17.2 Å². The van der Waals surface area contributed by atoms with Gasteiger partial charge in [0, 0.05) is 37.0 Å². The summed E-state index contributed by atoms with van der Waals surface area (Å²) in [6.45, 7) is 4.94. The van der Waals surface area contributed by atoms with Gasteiger partial charge >= 0.3 is 0 Å². The molecule has 0 saturated heterocycles. The van der Waals surface area contributed by atoms with Gasteiger partial charge in [-0.2, -0.15) is 0 Å². The highest BCUT2D eigenvalue weighted by atomic mass is 15.3. The van der Waals surface area contributed by atoms with Gasteiger partial charge in [0.05, 0.1) is 29.5 Å². The fraction of sp³-hybridized carbons (Fsp3) is 0.208. The highest BCUT2D eigenvalue weighted by molar-refractivity contribution is 5.82. The number of hydrogen-bond donors (Lipinski definition) is 1. The summed E-state index contributed by atoms with van der Waals surface area (Å²) >= 11 is 0. The largest absolute Gasteiger partial charge is 0.382 e. The molecule has 160 valence electrons. The molecule has 1 aliphatic heterocycles. The average Bonchev–Trinajstić information content (AvgIpc) is 3.14. The molecular formula is C24H24N8. The molecule has 8 nitrogen and oxygen atoms in total. The maximum atomic E-state index is 5.73. The topological polar surface area (TPSA) is 98.1 Å². The number of rotatable bonds is 3. The highest BCUT2D eigenvalue weighted by Gasteiger charge is 2.28. The van der Waals surface area contributed by atoms with Gasteiger partial charge in [0.1, 0.15) is 17.5 Å². The number of fused-ring (bicyclic) bond motifs is 3. The van der Waals surface area contributed by atoms with E-state index in [0.29, 0.717) is 5.82 Å². The van der Waals surface area contributed by atoms with Crippen molar-refractivity contribution in [2.75, 3.05) is 24.2 Å². The van der Waals surface area contributed by atoms with E-state index in [4.69, 9.17) is 5.73 Å². The smallest absolute Gasteiger partial charge is 0.142 e. The quantitative estimate of drug-likeness (QED) is 0.501. The van der Waals surface area contributed by atoms with E-state index in [9.17, 15) is 0 Å². The standard InChI is InChI=1S/C24H24N8/c1-15-14-31(19-7-4-17(5-8-19)11-26-3)22-10-18(20-12-28-23(25)13-27-20)6-9-21(22)32-16(2)29-30-24(15)32/h4-13,15H,14H2,1-3H3,(H2,25,28)/b26-11-/t15-/m1/s1. The van der Waals surface area contributed by atoms with Crippen LogP contribution in [0, 0.1) is 6.92 Å².